The molecule has 4 rings (SSSR count). The average molecular weight is 338 g/mol. The standard InChI is InChI=1S/C19H20FNO3/c20-15-3-1-13(2-4-15)17-7-8-21-10-14(17)11-22-16-5-6-18-19(9-16)24-12-23-18/h1-6,9,14,17,21H,7-8,10-12H2/t14?,17-/m0/s1/i1D,2D,3D,4D,10D2,12D2,17D. The van der Waals surface area contributed by atoms with Crippen LogP contribution < -0.4 is 19.5 Å². The summed E-state index contributed by atoms with van der Waals surface area (Å²) in [5.41, 5.74) is -0.392. The van der Waals surface area contributed by atoms with Crippen molar-refractivity contribution in [1.82, 2.24) is 5.32 Å². The molecule has 1 unspecified atom stereocenters. The predicted molar refractivity (Wildman–Crippen MR) is 88.2 cm³/mol. The summed E-state index contributed by atoms with van der Waals surface area (Å²) in [6.45, 7) is -4.91. The molecule has 0 spiro atoms. The van der Waals surface area contributed by atoms with Crippen molar-refractivity contribution in [3.63, 3.8) is 0 Å². The minimum atomic E-state index is -2.33. The zero-order valence-electron chi connectivity index (χ0n) is 21.5. The van der Waals surface area contributed by atoms with Crippen LogP contribution in [0.4, 0.5) is 4.39 Å². The number of halogens is 1. The second-order valence-corrected chi connectivity index (χ2v) is 5.29. The lowest BCUT2D eigenvalue weighted by Gasteiger charge is -2.32. The fraction of sp³-hybridized carbons (Fsp3) is 0.368. The SMILES string of the molecule is [2H]c1c([2H])c([C@]2([2H])CCNC([2H])([2H])C2COc2ccc3c(c2)OC([2H])([2H])O3)c([2H])c([2H])c1F. The van der Waals surface area contributed by atoms with Gasteiger partial charge in [-0.25, -0.2) is 4.39 Å². The molecular weight excluding hydrogens is 309 g/mol. The smallest absolute Gasteiger partial charge is 0.231 e. The van der Waals surface area contributed by atoms with Gasteiger partial charge < -0.3 is 19.5 Å². The second-order valence-electron chi connectivity index (χ2n) is 5.29. The van der Waals surface area contributed by atoms with Gasteiger partial charge in [-0.2, -0.15) is 0 Å². The molecule has 2 aliphatic heterocycles. The third kappa shape index (κ3) is 3.17. The van der Waals surface area contributed by atoms with Gasteiger partial charge >= 0.3 is 0 Å². The van der Waals surface area contributed by atoms with Crippen molar-refractivity contribution in [2.45, 2.75) is 12.3 Å². The Morgan fingerprint density at radius 3 is 3.00 bits per heavy atom. The second kappa shape index (κ2) is 6.69. The molecule has 1 fully saturated rings. The van der Waals surface area contributed by atoms with Crippen LogP contribution in [0.5, 0.6) is 17.2 Å². The van der Waals surface area contributed by atoms with E-state index in [4.69, 9.17) is 26.5 Å². The molecule has 24 heavy (non-hydrogen) atoms. The molecule has 2 aromatic carbocycles. The van der Waals surface area contributed by atoms with Gasteiger partial charge in [-0.15, -0.1) is 0 Å². The summed E-state index contributed by atoms with van der Waals surface area (Å²) in [6.07, 6.45) is -0.0653. The molecule has 2 heterocycles. The van der Waals surface area contributed by atoms with E-state index in [2.05, 4.69) is 5.32 Å². The van der Waals surface area contributed by atoms with Crippen molar-refractivity contribution < 1.29 is 30.9 Å². The molecule has 0 aliphatic carbocycles. The molecular formula is C19H20FNO3. The maximum atomic E-state index is 14.1. The van der Waals surface area contributed by atoms with Crippen LogP contribution in [0.25, 0.3) is 0 Å². The van der Waals surface area contributed by atoms with Crippen molar-refractivity contribution in [2.24, 2.45) is 5.92 Å². The molecule has 1 saturated heterocycles. The highest BCUT2D eigenvalue weighted by Crippen LogP contribution is 2.36. The minimum absolute atomic E-state index is 0.0169. The van der Waals surface area contributed by atoms with Crippen molar-refractivity contribution in [3.05, 3.63) is 53.7 Å². The van der Waals surface area contributed by atoms with Gasteiger partial charge in [0.1, 0.15) is 14.3 Å². The zero-order valence-corrected chi connectivity index (χ0v) is 12.5. The Labute approximate surface area is 153 Å². The Morgan fingerprint density at radius 1 is 1.29 bits per heavy atom. The van der Waals surface area contributed by atoms with Gasteiger partial charge in [-0.1, -0.05) is 12.1 Å². The summed E-state index contributed by atoms with van der Waals surface area (Å²) in [4.78, 5) is 0. The summed E-state index contributed by atoms with van der Waals surface area (Å²) in [7, 11) is 0. The average Bonchev–Trinajstić information content (AvgIpc) is 3.03. The number of nitrogens with one attached hydrogen (secondary N) is 1. The van der Waals surface area contributed by atoms with Crippen LogP contribution in [0, 0.1) is 11.7 Å². The number of piperidine rings is 1. The Balaban J connectivity index is 1.69. The lowest BCUT2D eigenvalue weighted by atomic mass is 9.81. The van der Waals surface area contributed by atoms with Crippen LogP contribution in [-0.2, 0) is 0 Å². The topological polar surface area (TPSA) is 39.7 Å². The Morgan fingerprint density at radius 2 is 2.12 bits per heavy atom. The van der Waals surface area contributed by atoms with E-state index in [1.165, 1.54) is 18.2 Å². The first-order chi connectivity index (χ1) is 15.3. The normalized spacial score (nSPS) is 35.0. The van der Waals surface area contributed by atoms with Gasteiger partial charge in [0.15, 0.2) is 11.5 Å². The first-order valence-corrected chi connectivity index (χ1v) is 7.43. The molecule has 0 saturated carbocycles. The zero-order chi connectivity index (χ0) is 24.3. The Hall–Kier alpha value is -2.27. The van der Waals surface area contributed by atoms with Crippen LogP contribution >= 0.6 is 0 Å². The highest BCUT2D eigenvalue weighted by Gasteiger charge is 2.27. The molecule has 126 valence electrons. The molecule has 4 nitrogen and oxygen atoms in total. The summed E-state index contributed by atoms with van der Waals surface area (Å²) in [5, 5.41) is 2.65. The number of fused-ring (bicyclic) bond motifs is 1. The van der Waals surface area contributed by atoms with Crippen LogP contribution in [0.2, 0.25) is 0 Å². The van der Waals surface area contributed by atoms with E-state index in [0.29, 0.717) is 0 Å². The van der Waals surface area contributed by atoms with Crippen LogP contribution in [0.3, 0.4) is 0 Å². The molecule has 0 radical (unpaired) electrons. The number of benzene rings is 2. The molecule has 0 aromatic heterocycles. The van der Waals surface area contributed by atoms with Crippen LogP contribution in [0.15, 0.2) is 42.4 Å². The van der Waals surface area contributed by atoms with Crippen molar-refractivity contribution in [3.8, 4) is 17.2 Å². The van der Waals surface area contributed by atoms with Gasteiger partial charge in [0, 0.05) is 22.6 Å². The number of ether oxygens (including phenoxy) is 3. The molecule has 2 atom stereocenters. The lowest BCUT2D eigenvalue weighted by molar-refractivity contribution is 0.173. The minimum Gasteiger partial charge on any atom is -0.493 e. The van der Waals surface area contributed by atoms with Gasteiger partial charge in [0.05, 0.1) is 12.1 Å². The maximum Gasteiger partial charge on any atom is 0.231 e. The fourth-order valence-corrected chi connectivity index (χ4v) is 2.59. The number of rotatable bonds is 4. The van der Waals surface area contributed by atoms with Gasteiger partial charge in [0.2, 0.25) is 6.75 Å². The molecule has 1 N–H and O–H groups in total. The van der Waals surface area contributed by atoms with E-state index in [0.717, 1.165) is 0 Å². The predicted octanol–water partition coefficient (Wildman–Crippen LogP) is 3.33. The summed E-state index contributed by atoms with van der Waals surface area (Å²) in [6, 6.07) is 0.940. The molecule has 0 amide bonds. The van der Waals surface area contributed by atoms with Crippen molar-refractivity contribution in [1.29, 1.82) is 0 Å². The van der Waals surface area contributed by atoms with Crippen molar-refractivity contribution in [2.75, 3.05) is 26.4 Å². The van der Waals surface area contributed by atoms with E-state index in [-0.39, 0.29) is 30.2 Å². The summed E-state index contributed by atoms with van der Waals surface area (Å²) >= 11 is 0. The van der Waals surface area contributed by atoms with Crippen LogP contribution in [-0.4, -0.2) is 26.4 Å². The molecule has 0 bridgehead atoms. The first kappa shape index (κ1) is 8.21. The summed E-state index contributed by atoms with van der Waals surface area (Å²) in [5.74, 6) is -4.19. The highest BCUT2D eigenvalue weighted by molar-refractivity contribution is 5.46. The summed E-state index contributed by atoms with van der Waals surface area (Å²) < 4.78 is 103. The van der Waals surface area contributed by atoms with E-state index < -0.39 is 67.2 Å². The van der Waals surface area contributed by atoms with E-state index in [1.807, 2.05) is 0 Å². The number of hydrogen-bond donors (Lipinski definition) is 1. The van der Waals surface area contributed by atoms with Gasteiger partial charge in [0.25, 0.3) is 0 Å². The van der Waals surface area contributed by atoms with E-state index in [1.54, 1.807) is 0 Å². The molecule has 5 heteroatoms. The highest BCUT2D eigenvalue weighted by atomic mass is 19.1. The van der Waals surface area contributed by atoms with E-state index in [9.17, 15) is 4.39 Å². The monoisotopic (exact) mass is 338 g/mol. The molecule has 2 aliphatic rings. The third-order valence-electron chi connectivity index (χ3n) is 3.77. The quantitative estimate of drug-likeness (QED) is 0.928. The number of hydrogen-bond acceptors (Lipinski definition) is 4. The van der Waals surface area contributed by atoms with Crippen LogP contribution in [0.1, 0.15) is 30.2 Å². The lowest BCUT2D eigenvalue weighted by Crippen LogP contribution is -2.38. The van der Waals surface area contributed by atoms with E-state index >= 15 is 0 Å². The van der Waals surface area contributed by atoms with Gasteiger partial charge in [-0.05, 0) is 48.6 Å². The third-order valence-corrected chi connectivity index (χ3v) is 3.77. The Bertz CT molecular complexity index is 1090. The van der Waals surface area contributed by atoms with Gasteiger partial charge in [-0.3, -0.25) is 0 Å². The first-order valence-electron chi connectivity index (χ1n) is 11.9. The Kier molecular flexibility index (Phi) is 2.29. The molecule has 2 aromatic rings. The van der Waals surface area contributed by atoms with Crippen molar-refractivity contribution >= 4 is 0 Å². The maximum absolute atomic E-state index is 14.1. The largest absolute Gasteiger partial charge is 0.493 e. The fourth-order valence-electron chi connectivity index (χ4n) is 2.59.